The molecule has 0 aliphatic heterocycles. The third-order valence-corrected chi connectivity index (χ3v) is 5.28. The Bertz CT molecular complexity index is 1260. The normalized spacial score (nSPS) is 11.8. The number of nitrogens with zero attached hydrogens (tertiary/aromatic N) is 4. The van der Waals surface area contributed by atoms with Crippen LogP contribution in [0.15, 0.2) is 54.9 Å². The molecule has 2 aromatic carbocycles. The van der Waals surface area contributed by atoms with Gasteiger partial charge in [-0.2, -0.15) is 23.4 Å². The summed E-state index contributed by atoms with van der Waals surface area (Å²) in [6.07, 6.45) is -1.55. The molecule has 0 fully saturated rings. The number of carbonyl (C=O) groups excluding carboxylic acids is 1. The second-order valence-electron chi connectivity index (χ2n) is 7.02. The van der Waals surface area contributed by atoms with Gasteiger partial charge in [0.2, 0.25) is 5.91 Å². The van der Waals surface area contributed by atoms with E-state index in [-0.39, 0.29) is 5.69 Å². The van der Waals surface area contributed by atoms with Gasteiger partial charge in [0.1, 0.15) is 6.54 Å². The molecule has 31 heavy (non-hydrogen) atoms. The number of anilines is 1. The van der Waals surface area contributed by atoms with Crippen LogP contribution in [0.2, 0.25) is 5.02 Å². The van der Waals surface area contributed by atoms with Crippen molar-refractivity contribution in [3.63, 3.8) is 0 Å². The van der Waals surface area contributed by atoms with Crippen LogP contribution in [0.25, 0.3) is 10.8 Å². The molecule has 0 saturated carbocycles. The number of nitrogens with one attached hydrogen (secondary N) is 1. The molecule has 0 atom stereocenters. The zero-order chi connectivity index (χ0) is 22.2. The van der Waals surface area contributed by atoms with E-state index in [1.54, 1.807) is 10.9 Å². The van der Waals surface area contributed by atoms with E-state index >= 15 is 0 Å². The lowest BCUT2D eigenvalue weighted by atomic mass is 10.0. The van der Waals surface area contributed by atoms with Crippen molar-refractivity contribution in [2.45, 2.75) is 26.2 Å². The highest BCUT2D eigenvalue weighted by atomic mass is 35.5. The Kier molecular flexibility index (Phi) is 5.45. The number of amides is 1. The lowest BCUT2D eigenvalue weighted by molar-refractivity contribution is -0.141. The lowest BCUT2D eigenvalue weighted by Gasteiger charge is -2.07. The van der Waals surface area contributed by atoms with E-state index < -0.39 is 29.3 Å². The molecule has 4 rings (SSSR count). The molecule has 0 unspecified atom stereocenters. The first-order valence-electron chi connectivity index (χ1n) is 9.31. The quantitative estimate of drug-likeness (QED) is 0.473. The Balaban J connectivity index is 1.45. The first-order chi connectivity index (χ1) is 14.7. The molecule has 10 heteroatoms. The van der Waals surface area contributed by atoms with Crippen molar-refractivity contribution in [2.24, 2.45) is 0 Å². The van der Waals surface area contributed by atoms with Crippen LogP contribution in [0.4, 0.5) is 18.9 Å². The van der Waals surface area contributed by atoms with Gasteiger partial charge in [0.05, 0.1) is 29.1 Å². The van der Waals surface area contributed by atoms with Crippen molar-refractivity contribution in [3.8, 4) is 0 Å². The Hall–Kier alpha value is -3.33. The first-order valence-corrected chi connectivity index (χ1v) is 9.69. The Labute approximate surface area is 180 Å². The van der Waals surface area contributed by atoms with Crippen molar-refractivity contribution in [1.82, 2.24) is 19.6 Å². The Morgan fingerprint density at radius 3 is 2.65 bits per heavy atom. The first kappa shape index (κ1) is 20.9. The SMILES string of the molecule is Cc1c(Cl)c(C(F)(F)F)nn1CC(=O)Nc1cnn(Cc2cccc3ccccc23)c1. The van der Waals surface area contributed by atoms with Crippen molar-refractivity contribution < 1.29 is 18.0 Å². The van der Waals surface area contributed by atoms with Crippen LogP contribution in [0, 0.1) is 6.92 Å². The number of halogens is 4. The molecule has 2 heterocycles. The van der Waals surface area contributed by atoms with E-state index in [1.807, 2.05) is 42.5 Å². The number of carbonyl (C=O) groups is 1. The van der Waals surface area contributed by atoms with E-state index in [4.69, 9.17) is 11.6 Å². The fraction of sp³-hybridized carbons (Fsp3) is 0.190. The number of rotatable bonds is 5. The number of aromatic nitrogens is 4. The highest BCUT2D eigenvalue weighted by Crippen LogP contribution is 2.35. The van der Waals surface area contributed by atoms with E-state index in [9.17, 15) is 18.0 Å². The molecule has 0 bridgehead atoms. The van der Waals surface area contributed by atoms with Crippen LogP contribution in [-0.4, -0.2) is 25.5 Å². The van der Waals surface area contributed by atoms with Gasteiger partial charge in [0.25, 0.3) is 0 Å². The van der Waals surface area contributed by atoms with Gasteiger partial charge in [0, 0.05) is 6.20 Å². The molecule has 160 valence electrons. The minimum Gasteiger partial charge on any atom is -0.322 e. The van der Waals surface area contributed by atoms with Crippen molar-refractivity contribution in [3.05, 3.63) is 76.8 Å². The monoisotopic (exact) mass is 447 g/mol. The molecule has 0 aliphatic rings. The van der Waals surface area contributed by atoms with Crippen molar-refractivity contribution in [1.29, 1.82) is 0 Å². The van der Waals surface area contributed by atoms with Crippen LogP contribution in [0.5, 0.6) is 0 Å². The van der Waals surface area contributed by atoms with Gasteiger partial charge < -0.3 is 5.32 Å². The summed E-state index contributed by atoms with van der Waals surface area (Å²) in [6, 6.07) is 14.0. The second-order valence-corrected chi connectivity index (χ2v) is 7.39. The molecule has 6 nitrogen and oxygen atoms in total. The molecule has 2 aromatic heterocycles. The summed E-state index contributed by atoms with van der Waals surface area (Å²) in [6.45, 7) is 1.47. The Morgan fingerprint density at radius 1 is 1.16 bits per heavy atom. The van der Waals surface area contributed by atoms with Gasteiger partial charge in [-0.1, -0.05) is 54.1 Å². The number of alkyl halides is 3. The topological polar surface area (TPSA) is 64.7 Å². The van der Waals surface area contributed by atoms with E-state index in [1.165, 1.54) is 13.1 Å². The summed E-state index contributed by atoms with van der Waals surface area (Å²) in [4.78, 5) is 12.3. The molecule has 0 aliphatic carbocycles. The van der Waals surface area contributed by atoms with Crippen molar-refractivity contribution in [2.75, 3.05) is 5.32 Å². The highest BCUT2D eigenvalue weighted by Gasteiger charge is 2.38. The number of hydrogen-bond acceptors (Lipinski definition) is 3. The van der Waals surface area contributed by atoms with E-state index in [0.717, 1.165) is 21.0 Å². The average Bonchev–Trinajstić information content (AvgIpc) is 3.27. The predicted octanol–water partition coefficient (Wildman–Crippen LogP) is 4.90. The van der Waals surface area contributed by atoms with Crippen LogP contribution in [-0.2, 0) is 24.1 Å². The van der Waals surface area contributed by atoms with E-state index in [0.29, 0.717) is 12.2 Å². The maximum Gasteiger partial charge on any atom is 0.436 e. The molecular formula is C21H17ClF3N5O. The average molecular weight is 448 g/mol. The van der Waals surface area contributed by atoms with Crippen LogP contribution in [0.1, 0.15) is 17.0 Å². The molecule has 0 radical (unpaired) electrons. The van der Waals surface area contributed by atoms with Gasteiger partial charge >= 0.3 is 6.18 Å². The predicted molar refractivity (Wildman–Crippen MR) is 111 cm³/mol. The fourth-order valence-electron chi connectivity index (χ4n) is 3.32. The zero-order valence-corrected chi connectivity index (χ0v) is 17.1. The smallest absolute Gasteiger partial charge is 0.322 e. The highest BCUT2D eigenvalue weighted by molar-refractivity contribution is 6.32. The van der Waals surface area contributed by atoms with Crippen LogP contribution < -0.4 is 5.32 Å². The summed E-state index contributed by atoms with van der Waals surface area (Å²) in [7, 11) is 0. The van der Waals surface area contributed by atoms with Crippen LogP contribution >= 0.6 is 11.6 Å². The minimum absolute atomic E-state index is 0.0655. The molecular weight excluding hydrogens is 431 g/mol. The summed E-state index contributed by atoms with van der Waals surface area (Å²) in [5.41, 5.74) is 0.357. The van der Waals surface area contributed by atoms with E-state index in [2.05, 4.69) is 15.5 Å². The molecule has 4 aromatic rings. The lowest BCUT2D eigenvalue weighted by Crippen LogP contribution is -2.20. The largest absolute Gasteiger partial charge is 0.436 e. The number of fused-ring (bicyclic) bond motifs is 1. The summed E-state index contributed by atoms with van der Waals surface area (Å²) < 4.78 is 41.4. The standard InChI is InChI=1S/C21H17ClF3N5O/c1-13-19(22)20(21(23,24)25)28-30(13)12-18(31)27-16-9-26-29(11-16)10-15-7-4-6-14-5-2-3-8-17(14)15/h2-9,11H,10,12H2,1H3,(H,27,31). The van der Waals surface area contributed by atoms with Crippen LogP contribution in [0.3, 0.4) is 0 Å². The summed E-state index contributed by atoms with van der Waals surface area (Å²) in [5.74, 6) is -0.541. The third kappa shape index (κ3) is 4.41. The van der Waals surface area contributed by atoms with Gasteiger partial charge in [-0.3, -0.25) is 14.2 Å². The van der Waals surface area contributed by atoms with Gasteiger partial charge in [-0.15, -0.1) is 0 Å². The maximum atomic E-state index is 12.9. The second kappa shape index (κ2) is 8.07. The van der Waals surface area contributed by atoms with Gasteiger partial charge in [0.15, 0.2) is 5.69 Å². The Morgan fingerprint density at radius 2 is 1.90 bits per heavy atom. The van der Waals surface area contributed by atoms with Gasteiger partial charge in [-0.25, -0.2) is 0 Å². The summed E-state index contributed by atoms with van der Waals surface area (Å²) in [5, 5.41) is 12.0. The zero-order valence-electron chi connectivity index (χ0n) is 16.3. The number of benzene rings is 2. The summed E-state index contributed by atoms with van der Waals surface area (Å²) >= 11 is 5.72. The van der Waals surface area contributed by atoms with Crippen molar-refractivity contribution >= 4 is 34.0 Å². The molecule has 1 N–H and O–H groups in total. The third-order valence-electron chi connectivity index (χ3n) is 4.82. The molecule has 0 saturated heterocycles. The molecule has 1 amide bonds. The fourth-order valence-corrected chi connectivity index (χ4v) is 3.56. The maximum absolute atomic E-state index is 12.9. The van der Waals surface area contributed by atoms with Gasteiger partial charge in [-0.05, 0) is 23.3 Å². The number of hydrogen-bond donors (Lipinski definition) is 1. The minimum atomic E-state index is -4.69. The molecule has 0 spiro atoms.